The van der Waals surface area contributed by atoms with E-state index in [-0.39, 0.29) is 0 Å². The van der Waals surface area contributed by atoms with E-state index in [1.165, 1.54) is 41.6 Å². The van der Waals surface area contributed by atoms with Crippen LogP contribution in [0.5, 0.6) is 0 Å². The summed E-state index contributed by atoms with van der Waals surface area (Å²) in [6.45, 7) is 0. The molecule has 0 aliphatic carbocycles. The summed E-state index contributed by atoms with van der Waals surface area (Å²) in [4.78, 5) is 15.2. The lowest BCUT2D eigenvalue weighted by atomic mass is 9.99. The fourth-order valence-electron chi connectivity index (χ4n) is 6.83. The monoisotopic (exact) mass is 699 g/mol. The molecule has 0 aliphatic rings. The quantitative estimate of drug-likeness (QED) is 0.173. The molecule has 0 saturated heterocycles. The van der Waals surface area contributed by atoms with Crippen LogP contribution in [0.4, 0.5) is 0 Å². The van der Waals surface area contributed by atoms with Crippen LogP contribution < -0.4 is 0 Å². The van der Waals surface area contributed by atoms with Crippen molar-refractivity contribution < 1.29 is 0 Å². The molecule has 0 bridgehead atoms. The van der Waals surface area contributed by atoms with Gasteiger partial charge in [0.1, 0.15) is 5.01 Å². The molecular weight excluding hydrogens is 671 g/mol. The summed E-state index contributed by atoms with van der Waals surface area (Å²) in [7, 11) is 0. The van der Waals surface area contributed by atoms with Crippen molar-refractivity contribution in [3.05, 3.63) is 176 Å². The highest BCUT2D eigenvalue weighted by Crippen LogP contribution is 2.38. The number of hydrogen-bond donors (Lipinski definition) is 0. The number of benzene rings is 7. The number of thiazole rings is 1. The van der Waals surface area contributed by atoms with Gasteiger partial charge >= 0.3 is 0 Å². The minimum absolute atomic E-state index is 0.698. The topological polar surface area (TPSA) is 38.7 Å². The zero-order valence-electron chi connectivity index (χ0n) is 27.9. The molecule has 0 amide bonds. The maximum absolute atomic E-state index is 5.19. The van der Waals surface area contributed by atoms with Gasteiger partial charge in [-0.1, -0.05) is 140 Å². The predicted octanol–water partition coefficient (Wildman–Crippen LogP) is 13.5. The molecule has 52 heavy (non-hydrogen) atoms. The first-order chi connectivity index (χ1) is 25.7. The first-order valence-corrected chi connectivity index (χ1v) is 18.9. The number of rotatable bonds is 6. The van der Waals surface area contributed by atoms with E-state index in [4.69, 9.17) is 15.0 Å². The Labute approximate surface area is 309 Å². The summed E-state index contributed by atoms with van der Waals surface area (Å²) < 4.78 is 3.76. The van der Waals surface area contributed by atoms with Crippen molar-refractivity contribution in [3.8, 4) is 66.7 Å². The number of para-hydroxylation sites is 1. The summed E-state index contributed by atoms with van der Waals surface area (Å²) in [6.07, 6.45) is 0. The van der Waals surface area contributed by atoms with Crippen LogP contribution in [-0.2, 0) is 0 Å². The van der Waals surface area contributed by atoms with Gasteiger partial charge in [-0.05, 0) is 58.7 Å². The van der Waals surface area contributed by atoms with Crippen molar-refractivity contribution >= 4 is 53.1 Å². The van der Waals surface area contributed by atoms with E-state index in [0.717, 1.165) is 49.7 Å². The third-order valence-corrected chi connectivity index (χ3v) is 11.8. The first kappa shape index (κ1) is 30.5. The minimum atomic E-state index is 0.698. The van der Waals surface area contributed by atoms with Crippen LogP contribution in [0.2, 0.25) is 0 Å². The number of hydrogen-bond acceptors (Lipinski definition) is 5. The maximum atomic E-state index is 5.19. The lowest BCUT2D eigenvalue weighted by molar-refractivity contribution is 1.18. The molecule has 0 fully saturated rings. The van der Waals surface area contributed by atoms with Gasteiger partial charge in [0.25, 0.3) is 0 Å². The molecule has 3 nitrogen and oxygen atoms in total. The zero-order chi connectivity index (χ0) is 34.4. The molecule has 7 aromatic carbocycles. The maximum Gasteiger partial charge on any atom is 0.160 e. The molecule has 0 N–H and O–H groups in total. The number of thiophene rings is 1. The molecule has 0 radical (unpaired) electrons. The summed E-state index contributed by atoms with van der Waals surface area (Å²) in [5, 5.41) is 3.54. The van der Waals surface area contributed by atoms with E-state index in [9.17, 15) is 0 Å². The van der Waals surface area contributed by atoms with E-state index in [2.05, 4.69) is 164 Å². The Morgan fingerprint density at radius 3 is 1.54 bits per heavy atom. The second kappa shape index (κ2) is 12.8. The van der Waals surface area contributed by atoms with Crippen LogP contribution in [0.25, 0.3) is 97.1 Å². The average Bonchev–Trinajstić information content (AvgIpc) is 3.83. The van der Waals surface area contributed by atoms with Gasteiger partial charge in [-0.3, -0.25) is 0 Å². The van der Waals surface area contributed by atoms with Crippen molar-refractivity contribution in [3.63, 3.8) is 0 Å². The van der Waals surface area contributed by atoms with Gasteiger partial charge in [0.05, 0.1) is 21.6 Å². The number of aromatic nitrogens is 3. The molecule has 0 aliphatic heterocycles. The average molecular weight is 700 g/mol. The third kappa shape index (κ3) is 5.66. The predicted molar refractivity (Wildman–Crippen MR) is 221 cm³/mol. The van der Waals surface area contributed by atoms with Crippen molar-refractivity contribution in [1.29, 1.82) is 0 Å². The standard InChI is InChI=1S/C47H29N3S2/c1-2-8-30(9-3-1)31-14-16-32(17-15-31)33-18-22-35(23-19-33)46-48-41(34-20-24-36(25-21-34)47-50-40-11-5-7-13-45(40)52-47)29-42(49-46)37-26-27-44-39(28-37)38-10-4-6-12-43(38)51-44/h1-29H. The minimum Gasteiger partial charge on any atom is -0.236 e. The molecule has 3 aromatic heterocycles. The molecule has 3 heterocycles. The molecule has 10 rings (SSSR count). The smallest absolute Gasteiger partial charge is 0.160 e. The van der Waals surface area contributed by atoms with Crippen LogP contribution in [0.3, 0.4) is 0 Å². The van der Waals surface area contributed by atoms with Gasteiger partial charge in [0.15, 0.2) is 5.82 Å². The Morgan fingerprint density at radius 2 is 0.827 bits per heavy atom. The molecule has 0 spiro atoms. The van der Waals surface area contributed by atoms with Crippen LogP contribution >= 0.6 is 22.7 Å². The normalized spacial score (nSPS) is 11.5. The molecule has 0 saturated carbocycles. The summed E-state index contributed by atoms with van der Waals surface area (Å²) in [5.41, 5.74) is 11.7. The highest BCUT2D eigenvalue weighted by Gasteiger charge is 2.14. The van der Waals surface area contributed by atoms with E-state index >= 15 is 0 Å². The second-order valence-electron chi connectivity index (χ2n) is 12.9. The van der Waals surface area contributed by atoms with Gasteiger partial charge < -0.3 is 0 Å². The van der Waals surface area contributed by atoms with Crippen molar-refractivity contribution in [2.24, 2.45) is 0 Å². The van der Waals surface area contributed by atoms with E-state index in [0.29, 0.717) is 5.82 Å². The summed E-state index contributed by atoms with van der Waals surface area (Å²) >= 11 is 3.55. The Hall–Kier alpha value is -6.27. The lowest BCUT2D eigenvalue weighted by Gasteiger charge is -2.11. The van der Waals surface area contributed by atoms with E-state index in [1.54, 1.807) is 11.3 Å². The summed E-state index contributed by atoms with van der Waals surface area (Å²) in [5.74, 6) is 0.698. The van der Waals surface area contributed by atoms with Crippen LogP contribution in [0, 0.1) is 0 Å². The van der Waals surface area contributed by atoms with Crippen LogP contribution in [0.1, 0.15) is 0 Å². The molecule has 0 unspecified atom stereocenters. The largest absolute Gasteiger partial charge is 0.236 e. The van der Waals surface area contributed by atoms with E-state index in [1.807, 2.05) is 23.5 Å². The van der Waals surface area contributed by atoms with Crippen LogP contribution in [-0.4, -0.2) is 15.0 Å². The highest BCUT2D eigenvalue weighted by molar-refractivity contribution is 7.25. The summed E-state index contributed by atoms with van der Waals surface area (Å²) in [6, 6.07) is 62.2. The fraction of sp³-hybridized carbons (Fsp3) is 0. The van der Waals surface area contributed by atoms with Gasteiger partial charge in [0.2, 0.25) is 0 Å². The molecule has 244 valence electrons. The molecule has 10 aromatic rings. The molecule has 0 atom stereocenters. The highest BCUT2D eigenvalue weighted by atomic mass is 32.1. The third-order valence-electron chi connectivity index (χ3n) is 9.59. The Kier molecular flexibility index (Phi) is 7.52. The van der Waals surface area contributed by atoms with Gasteiger partial charge in [-0.2, -0.15) is 0 Å². The number of fused-ring (bicyclic) bond motifs is 4. The Morgan fingerprint density at radius 1 is 0.308 bits per heavy atom. The van der Waals surface area contributed by atoms with Gasteiger partial charge in [-0.25, -0.2) is 15.0 Å². The van der Waals surface area contributed by atoms with Crippen molar-refractivity contribution in [2.75, 3.05) is 0 Å². The van der Waals surface area contributed by atoms with Crippen molar-refractivity contribution in [1.82, 2.24) is 15.0 Å². The fourth-order valence-corrected chi connectivity index (χ4v) is 8.89. The second-order valence-corrected chi connectivity index (χ2v) is 15.0. The van der Waals surface area contributed by atoms with Crippen LogP contribution in [0.15, 0.2) is 176 Å². The van der Waals surface area contributed by atoms with Crippen molar-refractivity contribution in [2.45, 2.75) is 0 Å². The lowest BCUT2D eigenvalue weighted by Crippen LogP contribution is -1.96. The zero-order valence-corrected chi connectivity index (χ0v) is 29.5. The Bertz CT molecular complexity index is 2840. The molecule has 5 heteroatoms. The number of nitrogens with zero attached hydrogens (tertiary/aromatic N) is 3. The molecular formula is C47H29N3S2. The van der Waals surface area contributed by atoms with Gasteiger partial charge in [0, 0.05) is 42.4 Å². The van der Waals surface area contributed by atoms with Gasteiger partial charge in [-0.15, -0.1) is 22.7 Å². The SMILES string of the molecule is c1ccc(-c2ccc(-c3ccc(-c4nc(-c5ccc(-c6nc7ccccc7s6)cc5)cc(-c5ccc6sc7ccccc7c6c5)n4)cc3)cc2)cc1. The van der Waals surface area contributed by atoms with E-state index < -0.39 is 0 Å². The Balaban J connectivity index is 1.04. The first-order valence-electron chi connectivity index (χ1n) is 17.3.